The molecule has 1 heterocycles. The molecule has 1 aliphatic heterocycles. The van der Waals surface area contributed by atoms with E-state index in [0.717, 1.165) is 12.0 Å². The van der Waals surface area contributed by atoms with Gasteiger partial charge in [-0.05, 0) is 48.2 Å². The molecular weight excluding hydrogens is 377 g/mol. The van der Waals surface area contributed by atoms with Gasteiger partial charge in [0.15, 0.2) is 0 Å². The van der Waals surface area contributed by atoms with Gasteiger partial charge in [-0.1, -0.05) is 77.3 Å². The van der Waals surface area contributed by atoms with E-state index in [0.29, 0.717) is 22.2 Å². The van der Waals surface area contributed by atoms with Crippen molar-refractivity contribution in [1.82, 2.24) is 4.90 Å². The Morgan fingerprint density at radius 2 is 1.63 bits per heavy atom. The van der Waals surface area contributed by atoms with E-state index in [2.05, 4.69) is 49.4 Å². The van der Waals surface area contributed by atoms with Crippen LogP contribution in [0.2, 0.25) is 10.0 Å². The van der Waals surface area contributed by atoms with Gasteiger partial charge < -0.3 is 4.90 Å². The third-order valence-corrected chi connectivity index (χ3v) is 5.48. The molecule has 3 aromatic carbocycles. The highest BCUT2D eigenvalue weighted by Crippen LogP contribution is 2.36. The summed E-state index contributed by atoms with van der Waals surface area (Å²) in [5, 5.41) is 0.935. The van der Waals surface area contributed by atoms with Crippen molar-refractivity contribution in [1.29, 1.82) is 0 Å². The minimum Gasteiger partial charge on any atom is -0.327 e. The number of amides is 1. The molecule has 0 aromatic heterocycles. The quantitative estimate of drug-likeness (QED) is 0.513. The van der Waals surface area contributed by atoms with Gasteiger partial charge in [-0.25, -0.2) is 0 Å². The Bertz CT molecular complexity index is 977. The number of benzene rings is 3. The topological polar surface area (TPSA) is 20.3 Å². The van der Waals surface area contributed by atoms with E-state index < -0.39 is 0 Å². The molecule has 0 radical (unpaired) electrons. The monoisotopic (exact) mass is 395 g/mol. The minimum atomic E-state index is -0.124. The standard InChI is InChI=1S/C23H19Cl2NO/c1-15-6-8-17(9-7-15)22-21-5-3-2-4-16(21)10-11-26(22)23(27)18-12-19(24)14-20(25)13-18/h2-9,12-14,22H,10-11H2,1H3/t22-/m0/s1. The Labute approximate surface area is 169 Å². The first-order chi connectivity index (χ1) is 13.0. The molecule has 0 saturated carbocycles. The third-order valence-electron chi connectivity index (χ3n) is 5.05. The van der Waals surface area contributed by atoms with Crippen molar-refractivity contribution in [2.45, 2.75) is 19.4 Å². The van der Waals surface area contributed by atoms with Crippen molar-refractivity contribution in [2.75, 3.05) is 6.54 Å². The third kappa shape index (κ3) is 3.60. The molecule has 0 aliphatic carbocycles. The van der Waals surface area contributed by atoms with Crippen LogP contribution in [0, 0.1) is 6.92 Å². The Kier molecular flexibility index (Phi) is 4.94. The summed E-state index contributed by atoms with van der Waals surface area (Å²) < 4.78 is 0. The molecule has 4 rings (SSSR count). The van der Waals surface area contributed by atoms with E-state index in [9.17, 15) is 4.79 Å². The summed E-state index contributed by atoms with van der Waals surface area (Å²) in [4.78, 5) is 15.3. The summed E-state index contributed by atoms with van der Waals surface area (Å²) in [5.41, 5.74) is 5.28. The first-order valence-electron chi connectivity index (χ1n) is 8.94. The minimum absolute atomic E-state index is 0.0560. The summed E-state index contributed by atoms with van der Waals surface area (Å²) in [7, 11) is 0. The van der Waals surface area contributed by atoms with Crippen LogP contribution in [-0.4, -0.2) is 17.4 Å². The van der Waals surface area contributed by atoms with Crippen LogP contribution in [0.1, 0.15) is 38.7 Å². The smallest absolute Gasteiger partial charge is 0.254 e. The Balaban J connectivity index is 1.81. The second-order valence-electron chi connectivity index (χ2n) is 6.92. The zero-order chi connectivity index (χ0) is 19.0. The van der Waals surface area contributed by atoms with Gasteiger partial charge in [0.2, 0.25) is 0 Å². The molecule has 1 atom stereocenters. The van der Waals surface area contributed by atoms with Gasteiger partial charge in [0.25, 0.3) is 5.91 Å². The van der Waals surface area contributed by atoms with Crippen molar-refractivity contribution in [3.8, 4) is 0 Å². The van der Waals surface area contributed by atoms with Crippen LogP contribution in [0.4, 0.5) is 0 Å². The van der Waals surface area contributed by atoms with E-state index >= 15 is 0 Å². The summed E-state index contributed by atoms with van der Waals surface area (Å²) >= 11 is 12.3. The van der Waals surface area contributed by atoms with Gasteiger partial charge in [0, 0.05) is 22.2 Å². The van der Waals surface area contributed by atoms with Gasteiger partial charge in [-0.15, -0.1) is 0 Å². The number of carbonyl (C=O) groups is 1. The largest absolute Gasteiger partial charge is 0.327 e. The molecule has 0 spiro atoms. The lowest BCUT2D eigenvalue weighted by molar-refractivity contribution is 0.0694. The number of carbonyl (C=O) groups excluding carboxylic acids is 1. The van der Waals surface area contributed by atoms with Crippen LogP contribution >= 0.6 is 23.2 Å². The van der Waals surface area contributed by atoms with E-state index in [1.807, 2.05) is 11.0 Å². The normalized spacial score (nSPS) is 16.1. The lowest BCUT2D eigenvalue weighted by Gasteiger charge is -2.38. The summed E-state index contributed by atoms with van der Waals surface area (Å²) in [5.74, 6) is -0.0560. The maximum absolute atomic E-state index is 13.4. The van der Waals surface area contributed by atoms with Crippen molar-refractivity contribution in [2.24, 2.45) is 0 Å². The highest BCUT2D eigenvalue weighted by Gasteiger charge is 2.32. The molecule has 1 amide bonds. The Morgan fingerprint density at radius 3 is 2.33 bits per heavy atom. The molecule has 0 N–H and O–H groups in total. The molecule has 27 heavy (non-hydrogen) atoms. The first-order valence-corrected chi connectivity index (χ1v) is 9.70. The Morgan fingerprint density at radius 1 is 0.963 bits per heavy atom. The number of nitrogens with zero attached hydrogens (tertiary/aromatic N) is 1. The summed E-state index contributed by atoms with van der Waals surface area (Å²) in [6.45, 7) is 2.72. The van der Waals surface area contributed by atoms with Crippen LogP contribution < -0.4 is 0 Å². The van der Waals surface area contributed by atoms with Gasteiger partial charge in [-0.3, -0.25) is 4.79 Å². The fourth-order valence-electron chi connectivity index (χ4n) is 3.74. The fourth-order valence-corrected chi connectivity index (χ4v) is 4.26. The molecular formula is C23H19Cl2NO. The highest BCUT2D eigenvalue weighted by molar-refractivity contribution is 6.35. The van der Waals surface area contributed by atoms with E-state index in [-0.39, 0.29) is 11.9 Å². The van der Waals surface area contributed by atoms with E-state index in [4.69, 9.17) is 23.2 Å². The molecule has 3 aromatic rings. The zero-order valence-electron chi connectivity index (χ0n) is 15.0. The molecule has 0 fully saturated rings. The van der Waals surface area contributed by atoms with Crippen molar-refractivity contribution < 1.29 is 4.79 Å². The molecule has 0 unspecified atom stereocenters. The lowest BCUT2D eigenvalue weighted by Crippen LogP contribution is -2.40. The van der Waals surface area contributed by atoms with E-state index in [1.165, 1.54) is 16.7 Å². The maximum Gasteiger partial charge on any atom is 0.254 e. The molecule has 2 nitrogen and oxygen atoms in total. The van der Waals surface area contributed by atoms with Gasteiger partial charge in [0.05, 0.1) is 6.04 Å². The fraction of sp³-hybridized carbons (Fsp3) is 0.174. The van der Waals surface area contributed by atoms with Crippen LogP contribution in [0.15, 0.2) is 66.7 Å². The molecule has 0 bridgehead atoms. The number of hydrogen-bond donors (Lipinski definition) is 0. The van der Waals surface area contributed by atoms with Crippen molar-refractivity contribution in [3.63, 3.8) is 0 Å². The highest BCUT2D eigenvalue weighted by atomic mass is 35.5. The lowest BCUT2D eigenvalue weighted by atomic mass is 9.87. The summed E-state index contributed by atoms with van der Waals surface area (Å²) in [6.07, 6.45) is 0.832. The van der Waals surface area contributed by atoms with Crippen LogP contribution in [0.3, 0.4) is 0 Å². The van der Waals surface area contributed by atoms with Crippen LogP contribution in [0.5, 0.6) is 0 Å². The predicted octanol–water partition coefficient (Wildman–Crippen LogP) is 6.09. The van der Waals surface area contributed by atoms with E-state index in [1.54, 1.807) is 18.2 Å². The number of halogens is 2. The Hall–Kier alpha value is -2.29. The van der Waals surface area contributed by atoms with Gasteiger partial charge in [-0.2, -0.15) is 0 Å². The molecule has 136 valence electrons. The van der Waals surface area contributed by atoms with Crippen LogP contribution in [-0.2, 0) is 6.42 Å². The predicted molar refractivity (Wildman–Crippen MR) is 111 cm³/mol. The van der Waals surface area contributed by atoms with Crippen molar-refractivity contribution >= 4 is 29.1 Å². The second-order valence-corrected chi connectivity index (χ2v) is 7.79. The molecule has 1 aliphatic rings. The van der Waals surface area contributed by atoms with Gasteiger partial charge in [0.1, 0.15) is 0 Å². The van der Waals surface area contributed by atoms with Gasteiger partial charge >= 0.3 is 0 Å². The molecule has 4 heteroatoms. The summed E-state index contributed by atoms with van der Waals surface area (Å²) in [6, 6.07) is 21.6. The van der Waals surface area contributed by atoms with Crippen molar-refractivity contribution in [3.05, 3.63) is 105 Å². The average molecular weight is 396 g/mol. The number of fused-ring (bicyclic) bond motifs is 1. The average Bonchev–Trinajstić information content (AvgIpc) is 2.66. The number of hydrogen-bond acceptors (Lipinski definition) is 1. The number of rotatable bonds is 2. The van der Waals surface area contributed by atoms with Crippen LogP contribution in [0.25, 0.3) is 0 Å². The maximum atomic E-state index is 13.4. The second kappa shape index (κ2) is 7.38. The SMILES string of the molecule is Cc1ccc([C@H]2c3ccccc3CCN2C(=O)c2cc(Cl)cc(Cl)c2)cc1. The molecule has 0 saturated heterocycles. The number of aryl methyl sites for hydroxylation is 1. The first kappa shape index (κ1) is 18.1. The zero-order valence-corrected chi connectivity index (χ0v) is 16.5.